The molecule has 0 aliphatic carbocycles. The van der Waals surface area contributed by atoms with Crippen molar-refractivity contribution in [2.24, 2.45) is 5.92 Å². The molecule has 4 amide bonds. The van der Waals surface area contributed by atoms with Crippen LogP contribution in [0.1, 0.15) is 53.4 Å². The van der Waals surface area contributed by atoms with E-state index >= 15 is 0 Å². The number of carbonyl (C=O) groups excluding carboxylic acids is 4. The van der Waals surface area contributed by atoms with E-state index in [9.17, 15) is 38.7 Å². The number of carbonyl (C=O) groups is 7. The Balaban J connectivity index is 5.72. The van der Waals surface area contributed by atoms with E-state index in [0.717, 1.165) is 6.92 Å². The van der Waals surface area contributed by atoms with E-state index in [4.69, 9.17) is 15.3 Å². The number of rotatable bonds is 16. The maximum absolute atomic E-state index is 12.9. The average molecular weight is 519 g/mol. The molecule has 0 bridgehead atoms. The zero-order chi connectivity index (χ0) is 28.2. The van der Waals surface area contributed by atoms with E-state index in [1.165, 1.54) is 6.92 Å². The highest BCUT2D eigenvalue weighted by Crippen LogP contribution is 2.08. The highest BCUT2D eigenvalue weighted by atomic mass is 16.4. The van der Waals surface area contributed by atoms with Gasteiger partial charge in [0.2, 0.25) is 23.6 Å². The number of hydrogen-bond donors (Lipinski definition) is 8. The molecule has 0 saturated heterocycles. The van der Waals surface area contributed by atoms with E-state index in [1.807, 2.05) is 0 Å². The van der Waals surface area contributed by atoms with Crippen molar-refractivity contribution in [2.45, 2.75) is 83.6 Å². The van der Waals surface area contributed by atoms with Crippen LogP contribution in [0.25, 0.3) is 0 Å². The zero-order valence-electron chi connectivity index (χ0n) is 20.4. The molecule has 15 nitrogen and oxygen atoms in total. The summed E-state index contributed by atoms with van der Waals surface area (Å²) >= 11 is 0. The van der Waals surface area contributed by atoms with Crippen LogP contribution in [0.3, 0.4) is 0 Å². The number of aliphatic hydroxyl groups is 1. The van der Waals surface area contributed by atoms with E-state index < -0.39 is 103 Å². The molecule has 0 radical (unpaired) electrons. The average Bonchev–Trinajstić information content (AvgIpc) is 2.71. The summed E-state index contributed by atoms with van der Waals surface area (Å²) in [6.07, 6.45) is -3.61. The first-order chi connectivity index (χ1) is 16.5. The van der Waals surface area contributed by atoms with Crippen LogP contribution in [0.4, 0.5) is 0 Å². The van der Waals surface area contributed by atoms with Crippen LogP contribution in [-0.4, -0.2) is 92.2 Å². The SMILES string of the molecule is CC(=O)N[C@@H](CC(=O)O)C(=O)N[C@@H](CCC(=O)O)C(=O)N[C@H](C(=O)N[C@@H](CC(=O)O)C(C)O)C(C)C. The quantitative estimate of drug-likeness (QED) is 0.109. The Morgan fingerprint density at radius 3 is 1.61 bits per heavy atom. The summed E-state index contributed by atoms with van der Waals surface area (Å²) in [5, 5.41) is 45.8. The third-order valence-electron chi connectivity index (χ3n) is 4.90. The van der Waals surface area contributed by atoms with Gasteiger partial charge in [-0.25, -0.2) is 0 Å². The van der Waals surface area contributed by atoms with Crippen molar-refractivity contribution >= 4 is 41.5 Å². The molecule has 0 aromatic heterocycles. The summed E-state index contributed by atoms with van der Waals surface area (Å²) in [7, 11) is 0. The smallest absolute Gasteiger partial charge is 0.305 e. The lowest BCUT2D eigenvalue weighted by molar-refractivity contribution is -0.142. The lowest BCUT2D eigenvalue weighted by Crippen LogP contribution is -2.59. The van der Waals surface area contributed by atoms with Gasteiger partial charge in [-0.1, -0.05) is 13.8 Å². The molecule has 0 aromatic carbocycles. The molecule has 36 heavy (non-hydrogen) atoms. The first-order valence-corrected chi connectivity index (χ1v) is 11.1. The van der Waals surface area contributed by atoms with Crippen LogP contribution in [0.5, 0.6) is 0 Å². The van der Waals surface area contributed by atoms with Crippen molar-refractivity contribution in [3.8, 4) is 0 Å². The van der Waals surface area contributed by atoms with Gasteiger partial charge in [0.25, 0.3) is 0 Å². The van der Waals surface area contributed by atoms with Crippen molar-refractivity contribution in [3.63, 3.8) is 0 Å². The van der Waals surface area contributed by atoms with Crippen molar-refractivity contribution in [2.75, 3.05) is 0 Å². The minimum atomic E-state index is -1.55. The molecule has 0 fully saturated rings. The third kappa shape index (κ3) is 12.6. The van der Waals surface area contributed by atoms with Crippen molar-refractivity contribution in [1.29, 1.82) is 0 Å². The highest BCUT2D eigenvalue weighted by molar-refractivity contribution is 5.95. The summed E-state index contributed by atoms with van der Waals surface area (Å²) in [6.45, 7) is 5.44. The number of amides is 4. The number of carboxylic acid groups (broad SMARTS) is 3. The van der Waals surface area contributed by atoms with Crippen LogP contribution in [-0.2, 0) is 33.6 Å². The maximum Gasteiger partial charge on any atom is 0.305 e. The van der Waals surface area contributed by atoms with E-state index in [-0.39, 0.29) is 0 Å². The summed E-state index contributed by atoms with van der Waals surface area (Å²) in [4.78, 5) is 82.7. The van der Waals surface area contributed by atoms with Crippen LogP contribution < -0.4 is 21.3 Å². The fraction of sp³-hybridized carbons (Fsp3) is 0.667. The summed E-state index contributed by atoms with van der Waals surface area (Å²) < 4.78 is 0. The number of carboxylic acids is 3. The molecule has 0 spiro atoms. The minimum absolute atomic E-state index is 0.422. The van der Waals surface area contributed by atoms with Crippen molar-refractivity contribution in [3.05, 3.63) is 0 Å². The van der Waals surface area contributed by atoms with Gasteiger partial charge >= 0.3 is 17.9 Å². The molecule has 8 N–H and O–H groups in total. The molecule has 0 rings (SSSR count). The fourth-order valence-corrected chi connectivity index (χ4v) is 3.03. The molecule has 204 valence electrons. The Bertz CT molecular complexity index is 828. The van der Waals surface area contributed by atoms with Gasteiger partial charge in [0.1, 0.15) is 18.1 Å². The lowest BCUT2D eigenvalue weighted by atomic mass is 10.0. The normalized spacial score (nSPS) is 14.9. The Hall–Kier alpha value is -3.75. The van der Waals surface area contributed by atoms with Crippen LogP contribution in [0.15, 0.2) is 0 Å². The minimum Gasteiger partial charge on any atom is -0.481 e. The molecular formula is C21H34N4O11. The zero-order valence-corrected chi connectivity index (χ0v) is 20.4. The van der Waals surface area contributed by atoms with E-state index in [0.29, 0.717) is 0 Å². The highest BCUT2D eigenvalue weighted by Gasteiger charge is 2.33. The number of aliphatic hydroxyl groups excluding tert-OH is 1. The van der Waals surface area contributed by atoms with Gasteiger partial charge in [-0.3, -0.25) is 33.6 Å². The van der Waals surface area contributed by atoms with Gasteiger partial charge in [-0.15, -0.1) is 0 Å². The fourth-order valence-electron chi connectivity index (χ4n) is 3.03. The monoisotopic (exact) mass is 518 g/mol. The Morgan fingerprint density at radius 1 is 0.667 bits per heavy atom. The summed E-state index contributed by atoms with van der Waals surface area (Å²) in [5.74, 6) is -8.11. The molecule has 0 heterocycles. The predicted octanol–water partition coefficient (Wildman–Crippen LogP) is -2.20. The van der Waals surface area contributed by atoms with E-state index in [1.54, 1.807) is 13.8 Å². The third-order valence-corrected chi connectivity index (χ3v) is 4.90. The molecule has 0 aliphatic heterocycles. The number of nitrogens with one attached hydrogen (secondary N) is 4. The molecule has 5 atom stereocenters. The lowest BCUT2D eigenvalue weighted by Gasteiger charge is -2.28. The second-order valence-corrected chi connectivity index (χ2v) is 8.53. The number of hydrogen-bond acceptors (Lipinski definition) is 8. The second kappa shape index (κ2) is 15.3. The van der Waals surface area contributed by atoms with Gasteiger partial charge in [0.15, 0.2) is 0 Å². The topological polar surface area (TPSA) is 249 Å². The molecule has 0 saturated carbocycles. The maximum atomic E-state index is 12.9. The first kappa shape index (κ1) is 32.2. The Kier molecular flexibility index (Phi) is 13.7. The second-order valence-electron chi connectivity index (χ2n) is 8.53. The predicted molar refractivity (Wildman–Crippen MR) is 121 cm³/mol. The standard InChI is InChI=1S/C21H34N4O11/c1-9(2)18(21(36)24-13(10(3)26)7-16(30)31)25-19(34)12(5-6-15(28)29)23-20(35)14(8-17(32)33)22-11(4)27/h9-10,12-14,18,26H,5-8H2,1-4H3,(H,22,27)(H,23,35)(H,24,36)(H,25,34)(H,28,29)(H,30,31)(H,32,33)/t10?,12-,13-,14-,18-/m0/s1. The molecule has 0 aliphatic rings. The molecule has 1 unspecified atom stereocenters. The Labute approximate surface area is 207 Å². The van der Waals surface area contributed by atoms with Gasteiger partial charge in [0, 0.05) is 13.3 Å². The van der Waals surface area contributed by atoms with E-state index in [2.05, 4.69) is 21.3 Å². The summed E-state index contributed by atoms with van der Waals surface area (Å²) in [6, 6.07) is -5.49. The molecule has 15 heteroatoms. The van der Waals surface area contributed by atoms with Gasteiger partial charge in [-0.05, 0) is 19.3 Å². The van der Waals surface area contributed by atoms with Crippen LogP contribution >= 0.6 is 0 Å². The van der Waals surface area contributed by atoms with Crippen molar-refractivity contribution in [1.82, 2.24) is 21.3 Å². The van der Waals surface area contributed by atoms with Gasteiger partial charge in [0.05, 0.1) is 25.0 Å². The van der Waals surface area contributed by atoms with Crippen molar-refractivity contribution < 1.29 is 54.0 Å². The summed E-state index contributed by atoms with van der Waals surface area (Å²) in [5.41, 5.74) is 0. The molecular weight excluding hydrogens is 484 g/mol. The van der Waals surface area contributed by atoms with Crippen LogP contribution in [0, 0.1) is 5.92 Å². The largest absolute Gasteiger partial charge is 0.481 e. The number of aliphatic carboxylic acids is 3. The van der Waals surface area contributed by atoms with Gasteiger partial charge < -0.3 is 41.7 Å². The Morgan fingerprint density at radius 2 is 1.19 bits per heavy atom. The molecule has 0 aromatic rings. The van der Waals surface area contributed by atoms with Gasteiger partial charge in [-0.2, -0.15) is 0 Å². The first-order valence-electron chi connectivity index (χ1n) is 11.1. The van der Waals surface area contributed by atoms with Crippen LogP contribution in [0.2, 0.25) is 0 Å².